The third kappa shape index (κ3) is 5.17. The Morgan fingerprint density at radius 3 is 2.26 bits per heavy atom. The summed E-state index contributed by atoms with van der Waals surface area (Å²) in [5, 5.41) is 0. The fraction of sp³-hybridized carbons (Fsp3) is 0.864. The number of carbonyl (C=O) groups is 3. The zero-order chi connectivity index (χ0) is 25.5. The van der Waals surface area contributed by atoms with Crippen molar-refractivity contribution in [2.75, 3.05) is 20.5 Å². The SMILES string of the molecule is COCO[C@@H]1[C@@H](COC(C)=O)OC2(O[C@@H]3[C@H]4OC(C)(C)O[C@H]4O[C@@H]3CC2OC(C)=O)[C@H]1OC(C)=O. The molecule has 9 atom stereocenters. The normalized spacial score (nSPS) is 41.3. The number of rotatable bonds is 7. The van der Waals surface area contributed by atoms with E-state index in [-0.39, 0.29) is 19.8 Å². The van der Waals surface area contributed by atoms with Crippen molar-refractivity contribution in [2.45, 2.75) is 102 Å². The summed E-state index contributed by atoms with van der Waals surface area (Å²) in [6.07, 6.45) is -6.64. The molecule has 1 spiro atoms. The van der Waals surface area contributed by atoms with E-state index in [1.165, 1.54) is 27.9 Å². The second kappa shape index (κ2) is 9.88. The maximum absolute atomic E-state index is 12.2. The highest BCUT2D eigenvalue weighted by atomic mass is 16.9. The van der Waals surface area contributed by atoms with E-state index in [1.54, 1.807) is 13.8 Å². The standard InChI is InChI=1S/C22H32O13/c1-10(23)27-8-14-17(28-9-26-6)19(30-12(3)25)22(32-14)15(29-11(2)24)7-13-16(34-22)18-20(31-13)35-21(4,5)33-18/h13-20H,7-9H2,1-6H3/t13-,14-,15?,16+,17-,18-,19+,20-,22?/m1/s1. The Labute approximate surface area is 202 Å². The summed E-state index contributed by atoms with van der Waals surface area (Å²) >= 11 is 0. The zero-order valence-electron chi connectivity index (χ0n) is 20.5. The average Bonchev–Trinajstić information content (AvgIpc) is 3.31. The lowest BCUT2D eigenvalue weighted by molar-refractivity contribution is -0.359. The molecule has 198 valence electrons. The van der Waals surface area contributed by atoms with Crippen LogP contribution in [0.2, 0.25) is 0 Å². The number of methoxy groups -OCH3 is 1. The second-order valence-corrected chi connectivity index (χ2v) is 9.31. The summed E-state index contributed by atoms with van der Waals surface area (Å²) in [5.41, 5.74) is 0. The van der Waals surface area contributed by atoms with Crippen molar-refractivity contribution in [1.82, 2.24) is 0 Å². The van der Waals surface area contributed by atoms with Crippen LogP contribution < -0.4 is 0 Å². The molecule has 4 aliphatic heterocycles. The van der Waals surface area contributed by atoms with Gasteiger partial charge in [-0.3, -0.25) is 14.4 Å². The molecule has 0 saturated carbocycles. The van der Waals surface area contributed by atoms with Gasteiger partial charge in [0, 0.05) is 34.3 Å². The van der Waals surface area contributed by atoms with Crippen LogP contribution in [-0.2, 0) is 61.8 Å². The first kappa shape index (κ1) is 26.2. The fourth-order valence-electron chi connectivity index (χ4n) is 5.02. The molecule has 4 saturated heterocycles. The average molecular weight is 504 g/mol. The largest absolute Gasteiger partial charge is 0.463 e. The maximum Gasteiger partial charge on any atom is 0.303 e. The van der Waals surface area contributed by atoms with Gasteiger partial charge in [0.15, 0.2) is 24.3 Å². The van der Waals surface area contributed by atoms with Crippen molar-refractivity contribution in [3.05, 3.63) is 0 Å². The monoisotopic (exact) mass is 504 g/mol. The van der Waals surface area contributed by atoms with Crippen LogP contribution in [0.25, 0.3) is 0 Å². The van der Waals surface area contributed by atoms with Gasteiger partial charge in [0.05, 0.1) is 6.10 Å². The first-order valence-electron chi connectivity index (χ1n) is 11.4. The molecule has 13 heteroatoms. The highest BCUT2D eigenvalue weighted by Crippen LogP contribution is 2.51. The van der Waals surface area contributed by atoms with Crippen molar-refractivity contribution in [3.8, 4) is 0 Å². The summed E-state index contributed by atoms with van der Waals surface area (Å²) in [7, 11) is 1.42. The van der Waals surface area contributed by atoms with Crippen LogP contribution in [0.1, 0.15) is 41.0 Å². The molecule has 0 radical (unpaired) electrons. The van der Waals surface area contributed by atoms with Gasteiger partial charge in [-0.15, -0.1) is 0 Å². The lowest BCUT2D eigenvalue weighted by Gasteiger charge is -2.46. The van der Waals surface area contributed by atoms with Crippen molar-refractivity contribution < 1.29 is 61.8 Å². The van der Waals surface area contributed by atoms with Gasteiger partial charge in [-0.25, -0.2) is 0 Å². The van der Waals surface area contributed by atoms with Gasteiger partial charge < -0.3 is 47.4 Å². The van der Waals surface area contributed by atoms with Crippen molar-refractivity contribution >= 4 is 17.9 Å². The van der Waals surface area contributed by atoms with Crippen LogP contribution in [0.3, 0.4) is 0 Å². The van der Waals surface area contributed by atoms with Crippen LogP contribution in [0.15, 0.2) is 0 Å². The third-order valence-electron chi connectivity index (χ3n) is 6.13. The Morgan fingerprint density at radius 1 is 0.914 bits per heavy atom. The first-order chi connectivity index (χ1) is 16.5. The number of hydrogen-bond acceptors (Lipinski definition) is 13. The van der Waals surface area contributed by atoms with Gasteiger partial charge >= 0.3 is 17.9 Å². The van der Waals surface area contributed by atoms with Crippen LogP contribution >= 0.6 is 0 Å². The minimum Gasteiger partial charge on any atom is -0.463 e. The molecule has 0 aromatic rings. The van der Waals surface area contributed by atoms with E-state index in [0.29, 0.717) is 0 Å². The summed E-state index contributed by atoms with van der Waals surface area (Å²) in [5.74, 6) is -4.51. The summed E-state index contributed by atoms with van der Waals surface area (Å²) < 4.78 is 57.9. The molecular weight excluding hydrogens is 472 g/mol. The molecule has 0 aliphatic carbocycles. The number of fused-ring (bicyclic) bond motifs is 3. The minimum atomic E-state index is -1.81. The molecule has 0 amide bonds. The molecule has 35 heavy (non-hydrogen) atoms. The molecule has 4 heterocycles. The smallest absolute Gasteiger partial charge is 0.303 e. The molecule has 0 aromatic heterocycles. The Morgan fingerprint density at radius 2 is 1.63 bits per heavy atom. The topological polar surface area (TPSA) is 144 Å². The fourth-order valence-corrected chi connectivity index (χ4v) is 5.02. The summed E-state index contributed by atoms with van der Waals surface area (Å²) in [6, 6.07) is 0. The van der Waals surface area contributed by atoms with E-state index < -0.39 is 78.5 Å². The molecule has 0 N–H and O–H groups in total. The van der Waals surface area contributed by atoms with E-state index in [9.17, 15) is 14.4 Å². The number of ether oxygens (including phenoxy) is 10. The van der Waals surface area contributed by atoms with E-state index in [1.807, 2.05) is 0 Å². The maximum atomic E-state index is 12.2. The minimum absolute atomic E-state index is 0.138. The lowest BCUT2D eigenvalue weighted by atomic mass is 9.89. The molecule has 13 nitrogen and oxygen atoms in total. The van der Waals surface area contributed by atoms with Gasteiger partial charge in [0.25, 0.3) is 0 Å². The Kier molecular flexibility index (Phi) is 7.40. The quantitative estimate of drug-likeness (QED) is 0.264. The van der Waals surface area contributed by atoms with E-state index in [2.05, 4.69) is 0 Å². The predicted molar refractivity (Wildman–Crippen MR) is 110 cm³/mol. The number of esters is 3. The highest BCUT2D eigenvalue weighted by molar-refractivity contribution is 5.67. The van der Waals surface area contributed by atoms with Gasteiger partial charge in [0.1, 0.15) is 37.8 Å². The Balaban J connectivity index is 1.71. The summed E-state index contributed by atoms with van der Waals surface area (Å²) in [4.78, 5) is 35.7. The van der Waals surface area contributed by atoms with Crippen molar-refractivity contribution in [3.63, 3.8) is 0 Å². The van der Waals surface area contributed by atoms with E-state index in [0.717, 1.165) is 0 Å². The summed E-state index contributed by atoms with van der Waals surface area (Å²) in [6.45, 7) is 6.80. The van der Waals surface area contributed by atoms with Gasteiger partial charge in [-0.05, 0) is 13.8 Å². The molecule has 0 bridgehead atoms. The molecule has 4 rings (SSSR count). The number of carbonyl (C=O) groups excluding carboxylic acids is 3. The molecule has 4 fully saturated rings. The van der Waals surface area contributed by atoms with Gasteiger partial charge in [0.2, 0.25) is 5.79 Å². The van der Waals surface area contributed by atoms with Crippen LogP contribution in [0.5, 0.6) is 0 Å². The molecule has 0 aromatic carbocycles. The van der Waals surface area contributed by atoms with Crippen LogP contribution in [0.4, 0.5) is 0 Å². The molecular formula is C22H32O13. The molecule has 2 unspecified atom stereocenters. The third-order valence-corrected chi connectivity index (χ3v) is 6.13. The Bertz CT molecular complexity index is 830. The lowest BCUT2D eigenvalue weighted by Crippen LogP contribution is -2.65. The van der Waals surface area contributed by atoms with Crippen LogP contribution in [0, 0.1) is 0 Å². The van der Waals surface area contributed by atoms with E-state index in [4.69, 9.17) is 47.4 Å². The van der Waals surface area contributed by atoms with E-state index >= 15 is 0 Å². The predicted octanol–water partition coefficient (Wildman–Crippen LogP) is 0.162. The highest BCUT2D eigenvalue weighted by Gasteiger charge is 2.71. The van der Waals surface area contributed by atoms with Crippen molar-refractivity contribution in [2.24, 2.45) is 0 Å². The van der Waals surface area contributed by atoms with Crippen LogP contribution in [-0.4, -0.2) is 99.0 Å². The first-order valence-corrected chi connectivity index (χ1v) is 11.4. The Hall–Kier alpha value is -1.87. The second-order valence-electron chi connectivity index (χ2n) is 9.31. The number of hydrogen-bond donors (Lipinski definition) is 0. The van der Waals surface area contributed by atoms with Gasteiger partial charge in [-0.2, -0.15) is 0 Å². The van der Waals surface area contributed by atoms with Gasteiger partial charge in [-0.1, -0.05) is 0 Å². The zero-order valence-corrected chi connectivity index (χ0v) is 20.5. The molecule has 4 aliphatic rings. The van der Waals surface area contributed by atoms with Crippen molar-refractivity contribution in [1.29, 1.82) is 0 Å².